The highest BCUT2D eigenvalue weighted by Crippen LogP contribution is 2.25. The second-order valence-electron chi connectivity index (χ2n) is 4.91. The highest BCUT2D eigenvalue weighted by Gasteiger charge is 2.21. The van der Waals surface area contributed by atoms with Crippen molar-refractivity contribution >= 4 is 29.0 Å². The molecular formula is C13H19Cl2N3. The highest BCUT2D eigenvalue weighted by atomic mass is 35.5. The van der Waals surface area contributed by atoms with Crippen LogP contribution in [0.15, 0.2) is 12.3 Å². The van der Waals surface area contributed by atoms with Gasteiger partial charge in [-0.1, -0.05) is 11.6 Å². The molecule has 3 nitrogen and oxygen atoms in total. The summed E-state index contributed by atoms with van der Waals surface area (Å²) in [6, 6.07) is 2.55. The normalized spacial score (nSPS) is 18.0. The van der Waals surface area contributed by atoms with Crippen LogP contribution in [0.1, 0.15) is 18.4 Å². The largest absolute Gasteiger partial charge is 0.357 e. The fraction of sp³-hybridized carbons (Fsp3) is 0.615. The third-order valence-electron chi connectivity index (χ3n) is 3.66. The first-order valence-electron chi connectivity index (χ1n) is 6.23. The predicted molar refractivity (Wildman–Crippen MR) is 77.7 cm³/mol. The molecule has 2 rings (SSSR count). The molecule has 5 heteroatoms. The molecule has 18 heavy (non-hydrogen) atoms. The summed E-state index contributed by atoms with van der Waals surface area (Å²) in [5.41, 5.74) is 0.947. The van der Waals surface area contributed by atoms with Crippen molar-refractivity contribution in [1.82, 2.24) is 9.88 Å². The topological polar surface area (TPSA) is 19.4 Å². The van der Waals surface area contributed by atoms with E-state index < -0.39 is 0 Å². The monoisotopic (exact) mass is 287 g/mol. The summed E-state index contributed by atoms with van der Waals surface area (Å²) in [5, 5.41) is 0.644. The number of anilines is 1. The minimum Gasteiger partial charge on any atom is -0.357 e. The molecule has 1 aliphatic heterocycles. The molecule has 0 spiro atoms. The van der Waals surface area contributed by atoms with Crippen LogP contribution < -0.4 is 4.90 Å². The van der Waals surface area contributed by atoms with Crippen molar-refractivity contribution < 1.29 is 0 Å². The van der Waals surface area contributed by atoms with E-state index in [-0.39, 0.29) is 0 Å². The molecule has 0 aromatic carbocycles. The second kappa shape index (κ2) is 6.09. The van der Waals surface area contributed by atoms with Crippen LogP contribution in [0.4, 0.5) is 5.82 Å². The zero-order chi connectivity index (χ0) is 13.1. The molecule has 100 valence electrons. The van der Waals surface area contributed by atoms with Gasteiger partial charge in [0.2, 0.25) is 0 Å². The number of pyridine rings is 1. The van der Waals surface area contributed by atoms with E-state index in [0.29, 0.717) is 16.9 Å². The number of hydrogen-bond donors (Lipinski definition) is 0. The summed E-state index contributed by atoms with van der Waals surface area (Å²) in [4.78, 5) is 9.02. The Balaban J connectivity index is 2.10. The Morgan fingerprint density at radius 1 is 1.44 bits per heavy atom. The van der Waals surface area contributed by atoms with Gasteiger partial charge in [-0.05, 0) is 44.6 Å². The van der Waals surface area contributed by atoms with Crippen LogP contribution in [0, 0.1) is 0 Å². The van der Waals surface area contributed by atoms with Gasteiger partial charge >= 0.3 is 0 Å². The Kier molecular flexibility index (Phi) is 4.71. The standard InChI is InChI=1S/C13H19Cl2N3/c1-17-5-3-11(4-6-17)18(2)13-7-10(8-14)12(15)9-16-13/h7,9,11H,3-6,8H2,1-2H3. The van der Waals surface area contributed by atoms with Crippen molar-refractivity contribution in [3.8, 4) is 0 Å². The van der Waals surface area contributed by atoms with Gasteiger partial charge in [0, 0.05) is 25.2 Å². The first kappa shape index (κ1) is 13.9. The first-order valence-corrected chi connectivity index (χ1v) is 7.15. The zero-order valence-corrected chi connectivity index (χ0v) is 12.4. The van der Waals surface area contributed by atoms with Crippen molar-refractivity contribution in [2.75, 3.05) is 32.1 Å². The van der Waals surface area contributed by atoms with E-state index in [1.807, 2.05) is 6.07 Å². The Bertz CT molecular complexity index is 403. The van der Waals surface area contributed by atoms with Gasteiger partial charge in [0.15, 0.2) is 0 Å². The lowest BCUT2D eigenvalue weighted by atomic mass is 10.0. The minimum atomic E-state index is 0.426. The summed E-state index contributed by atoms with van der Waals surface area (Å²) < 4.78 is 0. The zero-order valence-electron chi connectivity index (χ0n) is 10.9. The molecule has 0 radical (unpaired) electrons. The van der Waals surface area contributed by atoms with Crippen molar-refractivity contribution in [2.24, 2.45) is 0 Å². The van der Waals surface area contributed by atoms with Gasteiger partial charge < -0.3 is 9.80 Å². The average molecular weight is 288 g/mol. The second-order valence-corrected chi connectivity index (χ2v) is 5.59. The maximum Gasteiger partial charge on any atom is 0.128 e. The van der Waals surface area contributed by atoms with E-state index in [9.17, 15) is 0 Å². The van der Waals surface area contributed by atoms with Gasteiger partial charge in [0.1, 0.15) is 5.82 Å². The number of hydrogen-bond acceptors (Lipinski definition) is 3. The maximum atomic E-state index is 6.03. The molecule has 0 N–H and O–H groups in total. The Hall–Kier alpha value is -0.510. The minimum absolute atomic E-state index is 0.426. The van der Waals surface area contributed by atoms with Crippen molar-refractivity contribution in [2.45, 2.75) is 24.8 Å². The van der Waals surface area contributed by atoms with Gasteiger partial charge in [0.05, 0.1) is 5.02 Å². The van der Waals surface area contributed by atoms with Gasteiger partial charge in [-0.25, -0.2) is 4.98 Å². The lowest BCUT2D eigenvalue weighted by Crippen LogP contribution is -2.42. The number of rotatable bonds is 3. The third kappa shape index (κ3) is 3.08. The maximum absolute atomic E-state index is 6.03. The van der Waals surface area contributed by atoms with Crippen LogP contribution in [-0.2, 0) is 5.88 Å². The van der Waals surface area contributed by atoms with Crippen molar-refractivity contribution in [3.05, 3.63) is 22.8 Å². The fourth-order valence-electron chi connectivity index (χ4n) is 2.33. The Morgan fingerprint density at radius 3 is 2.72 bits per heavy atom. The molecule has 0 amide bonds. The number of nitrogens with zero attached hydrogens (tertiary/aromatic N) is 3. The molecule has 0 bridgehead atoms. The van der Waals surface area contributed by atoms with Gasteiger partial charge in [-0.2, -0.15) is 0 Å². The SMILES string of the molecule is CN1CCC(N(C)c2cc(CCl)c(Cl)cn2)CC1. The highest BCUT2D eigenvalue weighted by molar-refractivity contribution is 6.32. The van der Waals surface area contributed by atoms with Gasteiger partial charge in [0.25, 0.3) is 0 Å². The van der Waals surface area contributed by atoms with Crippen LogP contribution in [-0.4, -0.2) is 43.1 Å². The van der Waals surface area contributed by atoms with Crippen LogP contribution in [0.2, 0.25) is 5.02 Å². The number of piperidine rings is 1. The summed E-state index contributed by atoms with van der Waals surface area (Å²) >= 11 is 11.9. The number of likely N-dealkylation sites (tertiary alicyclic amines) is 1. The summed E-state index contributed by atoms with van der Waals surface area (Å²) in [5.74, 6) is 1.39. The summed E-state index contributed by atoms with van der Waals surface area (Å²) in [6.45, 7) is 2.29. The van der Waals surface area contributed by atoms with E-state index in [0.717, 1.165) is 24.5 Å². The number of alkyl halides is 1. The molecule has 1 aromatic rings. The average Bonchev–Trinajstić information content (AvgIpc) is 2.39. The molecular weight excluding hydrogens is 269 g/mol. The quantitative estimate of drug-likeness (QED) is 0.797. The molecule has 0 unspecified atom stereocenters. The molecule has 1 aliphatic rings. The van der Waals surface area contributed by atoms with Crippen molar-refractivity contribution in [1.29, 1.82) is 0 Å². The lowest BCUT2D eigenvalue weighted by Gasteiger charge is -2.35. The molecule has 2 heterocycles. The Labute approximate surface area is 119 Å². The predicted octanol–water partition coefficient (Wildman–Crippen LogP) is 3.00. The lowest BCUT2D eigenvalue weighted by molar-refractivity contribution is 0.252. The van der Waals surface area contributed by atoms with Gasteiger partial charge in [-0.3, -0.25) is 0 Å². The van der Waals surface area contributed by atoms with Crippen LogP contribution in [0.3, 0.4) is 0 Å². The Morgan fingerprint density at radius 2 is 2.11 bits per heavy atom. The molecule has 0 aliphatic carbocycles. The third-order valence-corrected chi connectivity index (χ3v) is 4.29. The van der Waals surface area contributed by atoms with E-state index in [2.05, 4.69) is 28.9 Å². The number of halogens is 2. The molecule has 0 atom stereocenters. The van der Waals surface area contributed by atoms with Crippen LogP contribution in [0.5, 0.6) is 0 Å². The molecule has 1 fully saturated rings. The van der Waals surface area contributed by atoms with Crippen LogP contribution in [0.25, 0.3) is 0 Å². The van der Waals surface area contributed by atoms with Crippen LogP contribution >= 0.6 is 23.2 Å². The summed E-state index contributed by atoms with van der Waals surface area (Å²) in [7, 11) is 4.27. The fourth-order valence-corrected chi connectivity index (χ4v) is 2.79. The smallest absolute Gasteiger partial charge is 0.128 e. The van der Waals surface area contributed by atoms with E-state index in [4.69, 9.17) is 23.2 Å². The number of aromatic nitrogens is 1. The van der Waals surface area contributed by atoms with E-state index in [1.165, 1.54) is 12.8 Å². The first-order chi connectivity index (χ1) is 8.61. The molecule has 1 saturated heterocycles. The van der Waals surface area contributed by atoms with Gasteiger partial charge in [-0.15, -0.1) is 11.6 Å². The van der Waals surface area contributed by atoms with E-state index >= 15 is 0 Å². The van der Waals surface area contributed by atoms with Crippen molar-refractivity contribution in [3.63, 3.8) is 0 Å². The van der Waals surface area contributed by atoms with E-state index in [1.54, 1.807) is 6.20 Å². The summed E-state index contributed by atoms with van der Waals surface area (Å²) in [6.07, 6.45) is 4.04. The molecule has 0 saturated carbocycles. The molecule has 1 aromatic heterocycles.